The first-order valence-electron chi connectivity index (χ1n) is 6.31. The fourth-order valence-electron chi connectivity index (χ4n) is 1.74. The van der Waals surface area contributed by atoms with Crippen LogP contribution in [0.2, 0.25) is 0 Å². The number of amides is 1. The number of hydrogen-bond donors (Lipinski definition) is 3. The summed E-state index contributed by atoms with van der Waals surface area (Å²) in [6.07, 6.45) is -2.81. The molecular weight excluding hydrogens is 242 g/mol. The molecule has 0 aromatic heterocycles. The zero-order chi connectivity index (χ0) is 14.1. The molecule has 0 aliphatic heterocycles. The Hall–Kier alpha value is -0.750. The number of carbonyl (C=O) groups is 1. The normalized spacial score (nSPS) is 14.9. The number of aliphatic hydroxyl groups is 1. The lowest BCUT2D eigenvalue weighted by Crippen LogP contribution is -2.36. The molecule has 1 amide bonds. The van der Waals surface area contributed by atoms with Crippen molar-refractivity contribution < 1.29 is 18.7 Å². The van der Waals surface area contributed by atoms with E-state index in [0.717, 1.165) is 6.42 Å². The van der Waals surface area contributed by atoms with Gasteiger partial charge in [0.1, 0.15) is 6.10 Å². The lowest BCUT2D eigenvalue weighted by molar-refractivity contribution is -0.122. The van der Waals surface area contributed by atoms with Gasteiger partial charge in [-0.1, -0.05) is 13.8 Å². The second kappa shape index (κ2) is 9.22. The summed E-state index contributed by atoms with van der Waals surface area (Å²) < 4.78 is 24.0. The standard InChI is InChI=1S/C12H24F2N2O2/c1-8(2)9(5-6-15)3-4-11(18)16-7-10(17)12(13)14/h8-10,12,17H,3-7,15H2,1-2H3,(H,16,18). The van der Waals surface area contributed by atoms with E-state index < -0.39 is 19.1 Å². The molecule has 18 heavy (non-hydrogen) atoms. The van der Waals surface area contributed by atoms with Gasteiger partial charge in [0, 0.05) is 13.0 Å². The van der Waals surface area contributed by atoms with Crippen molar-refractivity contribution in [1.82, 2.24) is 5.32 Å². The molecule has 0 aliphatic rings. The maximum absolute atomic E-state index is 12.0. The molecule has 0 saturated heterocycles. The maximum Gasteiger partial charge on any atom is 0.265 e. The van der Waals surface area contributed by atoms with Crippen LogP contribution in [-0.4, -0.2) is 36.6 Å². The van der Waals surface area contributed by atoms with Gasteiger partial charge in [-0.25, -0.2) is 8.78 Å². The molecule has 2 atom stereocenters. The van der Waals surface area contributed by atoms with Crippen LogP contribution < -0.4 is 11.1 Å². The Kier molecular flexibility index (Phi) is 8.83. The number of aliphatic hydroxyl groups excluding tert-OH is 1. The number of rotatable bonds is 9. The van der Waals surface area contributed by atoms with Gasteiger partial charge in [-0.15, -0.1) is 0 Å². The van der Waals surface area contributed by atoms with Gasteiger partial charge in [0.05, 0.1) is 0 Å². The van der Waals surface area contributed by atoms with Crippen LogP contribution in [0.3, 0.4) is 0 Å². The van der Waals surface area contributed by atoms with Crippen molar-refractivity contribution in [2.75, 3.05) is 13.1 Å². The summed E-state index contributed by atoms with van der Waals surface area (Å²) in [5.74, 6) is 0.492. The molecule has 0 aromatic rings. The molecule has 0 fully saturated rings. The molecular formula is C12H24F2N2O2. The largest absolute Gasteiger partial charge is 0.385 e. The number of alkyl halides is 2. The van der Waals surface area contributed by atoms with Gasteiger partial charge in [-0.3, -0.25) is 4.79 Å². The van der Waals surface area contributed by atoms with Gasteiger partial charge in [0.25, 0.3) is 6.43 Å². The SMILES string of the molecule is CC(C)C(CCN)CCC(=O)NCC(O)C(F)F. The summed E-state index contributed by atoms with van der Waals surface area (Å²) in [5, 5.41) is 11.1. The van der Waals surface area contributed by atoms with Crippen LogP contribution in [-0.2, 0) is 4.79 Å². The quantitative estimate of drug-likeness (QED) is 0.585. The summed E-state index contributed by atoms with van der Waals surface area (Å²) in [7, 11) is 0. The summed E-state index contributed by atoms with van der Waals surface area (Å²) in [6, 6.07) is 0. The number of nitrogens with one attached hydrogen (secondary N) is 1. The molecule has 0 aliphatic carbocycles. The average molecular weight is 266 g/mol. The second-order valence-corrected chi connectivity index (χ2v) is 4.83. The molecule has 4 N–H and O–H groups in total. The first kappa shape index (κ1) is 17.2. The van der Waals surface area contributed by atoms with Crippen LogP contribution in [0, 0.1) is 11.8 Å². The molecule has 4 nitrogen and oxygen atoms in total. The fourth-order valence-corrected chi connectivity index (χ4v) is 1.74. The van der Waals surface area contributed by atoms with Crippen LogP contribution in [0.4, 0.5) is 8.78 Å². The lowest BCUT2D eigenvalue weighted by atomic mass is 9.88. The Bertz CT molecular complexity index is 238. The van der Waals surface area contributed by atoms with Crippen LogP contribution in [0.25, 0.3) is 0 Å². The minimum atomic E-state index is -2.83. The van der Waals surface area contributed by atoms with Crippen molar-refractivity contribution >= 4 is 5.91 Å². The molecule has 0 bridgehead atoms. The highest BCUT2D eigenvalue weighted by Crippen LogP contribution is 2.20. The number of carbonyl (C=O) groups excluding carboxylic acids is 1. The van der Waals surface area contributed by atoms with Gasteiger partial charge in [0.15, 0.2) is 0 Å². The summed E-state index contributed by atoms with van der Waals surface area (Å²) in [4.78, 5) is 11.4. The van der Waals surface area contributed by atoms with Crippen molar-refractivity contribution in [3.8, 4) is 0 Å². The van der Waals surface area contributed by atoms with Crippen LogP contribution >= 0.6 is 0 Å². The third-order valence-electron chi connectivity index (χ3n) is 3.02. The highest BCUT2D eigenvalue weighted by Gasteiger charge is 2.18. The predicted octanol–water partition coefficient (Wildman–Crippen LogP) is 1.13. The van der Waals surface area contributed by atoms with Crippen molar-refractivity contribution in [3.63, 3.8) is 0 Å². The van der Waals surface area contributed by atoms with E-state index in [4.69, 9.17) is 10.8 Å². The summed E-state index contributed by atoms with van der Waals surface area (Å²) in [5.41, 5.74) is 5.49. The molecule has 108 valence electrons. The number of halogens is 2. The van der Waals surface area contributed by atoms with Crippen molar-refractivity contribution in [1.29, 1.82) is 0 Å². The predicted molar refractivity (Wildman–Crippen MR) is 66.3 cm³/mol. The van der Waals surface area contributed by atoms with Gasteiger partial charge >= 0.3 is 0 Å². The van der Waals surface area contributed by atoms with Gasteiger partial charge in [0.2, 0.25) is 5.91 Å². The van der Waals surface area contributed by atoms with Crippen molar-refractivity contribution in [3.05, 3.63) is 0 Å². The van der Waals surface area contributed by atoms with E-state index in [1.54, 1.807) is 0 Å². The molecule has 0 spiro atoms. The minimum Gasteiger partial charge on any atom is -0.385 e. The van der Waals surface area contributed by atoms with E-state index in [2.05, 4.69) is 19.2 Å². The Balaban J connectivity index is 3.87. The highest BCUT2D eigenvalue weighted by atomic mass is 19.3. The zero-order valence-corrected chi connectivity index (χ0v) is 11.0. The molecule has 6 heteroatoms. The topological polar surface area (TPSA) is 75.4 Å². The molecule has 0 saturated carbocycles. The van der Waals surface area contributed by atoms with Crippen molar-refractivity contribution in [2.45, 2.75) is 45.6 Å². The zero-order valence-electron chi connectivity index (χ0n) is 11.0. The smallest absolute Gasteiger partial charge is 0.265 e. The van der Waals surface area contributed by atoms with Crippen LogP contribution in [0.15, 0.2) is 0 Å². The number of nitrogens with two attached hydrogens (primary N) is 1. The van der Waals surface area contributed by atoms with Crippen molar-refractivity contribution in [2.24, 2.45) is 17.6 Å². The summed E-state index contributed by atoms with van der Waals surface area (Å²) in [6.45, 7) is 4.31. The highest BCUT2D eigenvalue weighted by molar-refractivity contribution is 5.75. The molecule has 2 unspecified atom stereocenters. The lowest BCUT2D eigenvalue weighted by Gasteiger charge is -2.19. The van der Waals surface area contributed by atoms with E-state index in [1.807, 2.05) is 0 Å². The van der Waals surface area contributed by atoms with Crippen LogP contribution in [0.5, 0.6) is 0 Å². The number of hydrogen-bond acceptors (Lipinski definition) is 3. The Labute approximate surface area is 107 Å². The molecule has 0 radical (unpaired) electrons. The molecule has 0 rings (SSSR count). The Morgan fingerprint density at radius 2 is 1.94 bits per heavy atom. The third kappa shape index (κ3) is 7.55. The van der Waals surface area contributed by atoms with Gasteiger partial charge in [-0.2, -0.15) is 0 Å². The first-order chi connectivity index (χ1) is 8.38. The van der Waals surface area contributed by atoms with E-state index in [0.29, 0.717) is 24.8 Å². The minimum absolute atomic E-state index is 0.277. The first-order valence-corrected chi connectivity index (χ1v) is 6.31. The second-order valence-electron chi connectivity index (χ2n) is 4.83. The monoisotopic (exact) mass is 266 g/mol. The van der Waals surface area contributed by atoms with E-state index in [-0.39, 0.29) is 12.3 Å². The Morgan fingerprint density at radius 1 is 1.33 bits per heavy atom. The summed E-state index contributed by atoms with van der Waals surface area (Å²) >= 11 is 0. The van der Waals surface area contributed by atoms with Gasteiger partial charge in [-0.05, 0) is 31.2 Å². The van der Waals surface area contributed by atoms with Gasteiger partial charge < -0.3 is 16.2 Å². The van der Waals surface area contributed by atoms with E-state index in [9.17, 15) is 13.6 Å². The Morgan fingerprint density at radius 3 is 2.39 bits per heavy atom. The fraction of sp³-hybridized carbons (Fsp3) is 0.917. The average Bonchev–Trinajstić information content (AvgIpc) is 2.30. The van der Waals surface area contributed by atoms with E-state index >= 15 is 0 Å². The molecule has 0 heterocycles. The van der Waals surface area contributed by atoms with Crippen LogP contribution in [0.1, 0.15) is 33.1 Å². The molecule has 0 aromatic carbocycles. The van der Waals surface area contributed by atoms with E-state index in [1.165, 1.54) is 0 Å². The maximum atomic E-state index is 12.0. The third-order valence-corrected chi connectivity index (χ3v) is 3.02.